The Bertz CT molecular complexity index is 327. The quantitative estimate of drug-likeness (QED) is 0.446. The Morgan fingerprint density at radius 3 is 0.760 bits per heavy atom. The highest BCUT2D eigenvalue weighted by molar-refractivity contribution is 7.60. The van der Waals surface area contributed by atoms with Crippen LogP contribution in [0.5, 0.6) is 0 Å². The summed E-state index contributed by atoms with van der Waals surface area (Å²) in [4.78, 5) is 0. The normalized spacial score (nSPS) is 50.4. The van der Waals surface area contributed by atoms with Crippen molar-refractivity contribution in [2.24, 2.45) is 35.5 Å². The zero-order valence-corrected chi connectivity index (χ0v) is 18.9. The molecule has 3 aliphatic rings. The fourth-order valence-electron chi connectivity index (χ4n) is 7.34. The third-order valence-electron chi connectivity index (χ3n) is 7.73. The van der Waals surface area contributed by atoms with Gasteiger partial charge in [-0.3, -0.25) is 0 Å². The van der Waals surface area contributed by atoms with Crippen LogP contribution in [0.25, 0.3) is 0 Å². The largest absolute Gasteiger partial charge is 0.0971 e. The van der Waals surface area contributed by atoms with E-state index in [-0.39, 0.29) is 7.92 Å². The molecule has 0 heterocycles. The first-order chi connectivity index (χ1) is 11.8. The van der Waals surface area contributed by atoms with Crippen molar-refractivity contribution in [3.05, 3.63) is 0 Å². The second kappa shape index (κ2) is 8.63. The molecule has 0 amide bonds. The summed E-state index contributed by atoms with van der Waals surface area (Å²) in [6.45, 7) is 15.3. The molecule has 3 aliphatic carbocycles. The minimum atomic E-state index is 0.225. The molecule has 6 atom stereocenters. The molecule has 0 nitrogen and oxygen atoms in total. The van der Waals surface area contributed by atoms with Crippen molar-refractivity contribution in [3.63, 3.8) is 0 Å². The van der Waals surface area contributed by atoms with Crippen LogP contribution in [0.15, 0.2) is 0 Å². The van der Waals surface area contributed by atoms with Gasteiger partial charge < -0.3 is 0 Å². The number of rotatable bonds is 3. The van der Waals surface area contributed by atoms with Gasteiger partial charge in [-0.05, 0) is 110 Å². The van der Waals surface area contributed by atoms with E-state index in [0.717, 1.165) is 52.5 Å². The highest BCUT2D eigenvalue weighted by Crippen LogP contribution is 2.64. The highest BCUT2D eigenvalue weighted by Gasteiger charge is 2.42. The first-order valence-electron chi connectivity index (χ1n) is 11.6. The maximum absolute atomic E-state index is 2.55. The lowest BCUT2D eigenvalue weighted by atomic mass is 9.82. The maximum Gasteiger partial charge on any atom is -0.0199 e. The van der Waals surface area contributed by atoms with E-state index in [2.05, 4.69) is 41.5 Å². The molecule has 3 rings (SSSR count). The Morgan fingerprint density at radius 2 is 0.560 bits per heavy atom. The fraction of sp³-hybridized carbons (Fsp3) is 1.00. The summed E-state index contributed by atoms with van der Waals surface area (Å²) < 4.78 is 0. The molecular weight excluding hydrogens is 319 g/mol. The number of hydrogen-bond donors (Lipinski definition) is 0. The van der Waals surface area contributed by atoms with Crippen LogP contribution in [0.1, 0.15) is 99.3 Å². The van der Waals surface area contributed by atoms with Gasteiger partial charge in [0, 0.05) is 0 Å². The zero-order valence-electron chi connectivity index (χ0n) is 18.0. The summed E-state index contributed by atoms with van der Waals surface area (Å²) in [7, 11) is 0.225. The molecule has 146 valence electrons. The lowest BCUT2D eigenvalue weighted by molar-refractivity contribution is 0.276. The van der Waals surface area contributed by atoms with Gasteiger partial charge in [0.2, 0.25) is 0 Å². The molecule has 0 aromatic rings. The average molecular weight is 365 g/mol. The predicted octanol–water partition coefficient (Wildman–Crippen LogP) is 7.94. The smallest absolute Gasteiger partial charge is 0.0199 e. The van der Waals surface area contributed by atoms with Crippen LogP contribution in [0.4, 0.5) is 0 Å². The molecule has 25 heavy (non-hydrogen) atoms. The van der Waals surface area contributed by atoms with E-state index >= 15 is 0 Å². The van der Waals surface area contributed by atoms with Crippen LogP contribution < -0.4 is 0 Å². The third kappa shape index (κ3) is 5.24. The topological polar surface area (TPSA) is 0 Å². The van der Waals surface area contributed by atoms with Crippen molar-refractivity contribution < 1.29 is 0 Å². The SMILES string of the molecule is CC1CC(C)CC(P(C2CC(C)CC(C)C2)C2CC(C)CC(C)C2)C1. The molecular formula is C24H45P. The number of hydrogen-bond acceptors (Lipinski definition) is 0. The van der Waals surface area contributed by atoms with Gasteiger partial charge in [-0.15, -0.1) is 0 Å². The van der Waals surface area contributed by atoms with Crippen LogP contribution in [-0.2, 0) is 0 Å². The molecule has 6 unspecified atom stereocenters. The van der Waals surface area contributed by atoms with Crippen molar-refractivity contribution in [1.82, 2.24) is 0 Å². The van der Waals surface area contributed by atoms with E-state index < -0.39 is 0 Å². The standard InChI is InChI=1S/C24H45P/c1-16-7-17(2)11-22(10-16)25(23-12-18(3)8-19(4)13-23)24-14-20(5)9-21(6)15-24/h16-24H,7-15H2,1-6H3. The van der Waals surface area contributed by atoms with E-state index in [4.69, 9.17) is 0 Å². The van der Waals surface area contributed by atoms with Gasteiger partial charge in [0.05, 0.1) is 0 Å². The van der Waals surface area contributed by atoms with Gasteiger partial charge in [-0.2, -0.15) is 0 Å². The van der Waals surface area contributed by atoms with Crippen molar-refractivity contribution in [2.75, 3.05) is 0 Å². The summed E-state index contributed by atoms with van der Waals surface area (Å²) in [5, 5.41) is 0. The van der Waals surface area contributed by atoms with E-state index in [1.807, 2.05) is 0 Å². The van der Waals surface area contributed by atoms with E-state index in [1.54, 1.807) is 38.5 Å². The molecule has 0 aromatic heterocycles. The molecule has 0 saturated heterocycles. The minimum Gasteiger partial charge on any atom is -0.0971 e. The molecule has 0 bridgehead atoms. The molecule has 1 heteroatoms. The van der Waals surface area contributed by atoms with Crippen molar-refractivity contribution >= 4 is 7.92 Å². The van der Waals surface area contributed by atoms with Gasteiger partial charge in [0.1, 0.15) is 0 Å². The van der Waals surface area contributed by atoms with E-state index in [0.29, 0.717) is 0 Å². The van der Waals surface area contributed by atoms with Crippen LogP contribution in [0, 0.1) is 35.5 Å². The highest BCUT2D eigenvalue weighted by atomic mass is 31.1. The van der Waals surface area contributed by atoms with Crippen LogP contribution in [0.2, 0.25) is 0 Å². The Hall–Kier alpha value is 0.430. The lowest BCUT2D eigenvalue weighted by Crippen LogP contribution is -2.36. The summed E-state index contributed by atoms with van der Waals surface area (Å²) >= 11 is 0. The van der Waals surface area contributed by atoms with Crippen LogP contribution in [-0.4, -0.2) is 17.0 Å². The van der Waals surface area contributed by atoms with Gasteiger partial charge in [-0.1, -0.05) is 49.5 Å². The summed E-state index contributed by atoms with van der Waals surface area (Å²) in [6.07, 6.45) is 13.9. The second-order valence-corrected chi connectivity index (χ2v) is 14.2. The van der Waals surface area contributed by atoms with Crippen molar-refractivity contribution in [3.8, 4) is 0 Å². The van der Waals surface area contributed by atoms with Gasteiger partial charge in [0.15, 0.2) is 0 Å². The van der Waals surface area contributed by atoms with Crippen LogP contribution in [0.3, 0.4) is 0 Å². The molecule has 0 radical (unpaired) electrons. The molecule has 0 aromatic carbocycles. The molecule has 3 fully saturated rings. The first kappa shape index (κ1) is 20.2. The average Bonchev–Trinajstić information content (AvgIpc) is 2.44. The summed E-state index contributed by atoms with van der Waals surface area (Å²) in [5.74, 6) is 5.89. The summed E-state index contributed by atoms with van der Waals surface area (Å²) in [6, 6.07) is 0. The van der Waals surface area contributed by atoms with Crippen molar-refractivity contribution in [1.29, 1.82) is 0 Å². The second-order valence-electron chi connectivity index (χ2n) is 11.2. The third-order valence-corrected chi connectivity index (χ3v) is 11.5. The van der Waals surface area contributed by atoms with Gasteiger partial charge >= 0.3 is 0 Å². The van der Waals surface area contributed by atoms with Crippen LogP contribution >= 0.6 is 7.92 Å². The first-order valence-corrected chi connectivity index (χ1v) is 13.1. The van der Waals surface area contributed by atoms with Gasteiger partial charge in [-0.25, -0.2) is 0 Å². The Labute approximate surface area is 160 Å². The Balaban J connectivity index is 1.82. The monoisotopic (exact) mass is 364 g/mol. The molecule has 3 saturated carbocycles. The fourth-order valence-corrected chi connectivity index (χ4v) is 12.7. The predicted molar refractivity (Wildman–Crippen MR) is 115 cm³/mol. The molecule has 0 spiro atoms. The Morgan fingerprint density at radius 1 is 0.360 bits per heavy atom. The summed E-state index contributed by atoms with van der Waals surface area (Å²) in [5.41, 5.74) is 3.29. The maximum atomic E-state index is 2.55. The molecule has 0 N–H and O–H groups in total. The molecule has 0 aliphatic heterocycles. The van der Waals surface area contributed by atoms with E-state index in [1.165, 1.54) is 19.3 Å². The minimum absolute atomic E-state index is 0.225. The van der Waals surface area contributed by atoms with E-state index in [9.17, 15) is 0 Å². The van der Waals surface area contributed by atoms with Crippen molar-refractivity contribution in [2.45, 2.75) is 116 Å². The van der Waals surface area contributed by atoms with Gasteiger partial charge in [0.25, 0.3) is 0 Å². The lowest BCUT2D eigenvalue weighted by Gasteiger charge is -2.49. The Kier molecular flexibility index (Phi) is 6.96. The zero-order chi connectivity index (χ0) is 18.1.